The average molecular weight is 740 g/mol. The Kier molecular flexibility index (Phi) is 8.56. The maximum atomic E-state index is 17.3. The number of rotatable bonds is 7. The van der Waals surface area contributed by atoms with Crippen LogP contribution in [0.15, 0.2) is 24.3 Å². The molecule has 4 aromatic rings. The smallest absolute Gasteiger partial charge is 0.406 e. The summed E-state index contributed by atoms with van der Waals surface area (Å²) in [6.07, 6.45) is 3.26. The molecule has 4 atom stereocenters. The highest BCUT2D eigenvalue weighted by atomic mass is 19.4. The Bertz CT molecular complexity index is 2180. The first-order valence-electron chi connectivity index (χ1n) is 17.4. The van der Waals surface area contributed by atoms with Crippen molar-refractivity contribution in [1.29, 1.82) is 0 Å². The number of pyridine rings is 1. The molecule has 0 saturated carbocycles. The minimum atomic E-state index is -4.78. The van der Waals surface area contributed by atoms with Crippen molar-refractivity contribution in [2.75, 3.05) is 51.3 Å². The quantitative estimate of drug-likeness (QED) is 0.192. The molecule has 8 rings (SSSR count). The van der Waals surface area contributed by atoms with Gasteiger partial charge in [0.1, 0.15) is 53.6 Å². The number of nitrogens with zero attached hydrogens (tertiary/aromatic N) is 6. The number of hydrogen-bond acceptors (Lipinski definition) is 9. The van der Waals surface area contributed by atoms with Crippen molar-refractivity contribution in [2.45, 2.75) is 62.1 Å². The predicted molar refractivity (Wildman–Crippen MR) is 184 cm³/mol. The minimum Gasteiger partial charge on any atom is -0.508 e. The standard InChI is InChI=1S/C37H35F6N7O3/c1-3-24-26(39)8-5-19-11-23(51)12-25(27(19)24)30-29(40)31-28(32(45-30)34(52)48(2)17-37(41,42)43)33(49-15-21-6-7-22(16-49)44-21)47-35(46-31)53-18-36-9-4-10-50(36)14-20(38)13-36/h1,5,8,11-12,20-22,44,51H,4,6-7,9-10,13-18H2,2H3/t20-,21?,22?,36?/m1/s1. The first kappa shape index (κ1) is 35.2. The molecule has 4 aliphatic rings. The summed E-state index contributed by atoms with van der Waals surface area (Å²) < 4.78 is 94.2. The highest BCUT2D eigenvalue weighted by Gasteiger charge is 2.49. The second-order valence-corrected chi connectivity index (χ2v) is 14.5. The normalized spacial score (nSPS) is 24.2. The molecule has 0 aliphatic carbocycles. The van der Waals surface area contributed by atoms with Crippen LogP contribution < -0.4 is 15.0 Å². The van der Waals surface area contributed by atoms with Crippen molar-refractivity contribution in [3.05, 3.63) is 47.2 Å². The molecule has 3 unspecified atom stereocenters. The molecular weight excluding hydrogens is 704 g/mol. The summed E-state index contributed by atoms with van der Waals surface area (Å²) in [7, 11) is 0.942. The largest absolute Gasteiger partial charge is 0.508 e. The van der Waals surface area contributed by atoms with Crippen LogP contribution in [0.4, 0.5) is 32.2 Å². The lowest BCUT2D eigenvalue weighted by Gasteiger charge is -2.35. The molecule has 4 aliphatic heterocycles. The molecule has 6 heterocycles. The number of halogens is 6. The minimum absolute atomic E-state index is 0.00710. The van der Waals surface area contributed by atoms with E-state index in [2.05, 4.69) is 26.2 Å². The van der Waals surface area contributed by atoms with Crippen molar-refractivity contribution in [1.82, 2.24) is 30.1 Å². The van der Waals surface area contributed by atoms with Gasteiger partial charge >= 0.3 is 12.2 Å². The molecule has 0 spiro atoms. The molecule has 53 heavy (non-hydrogen) atoms. The van der Waals surface area contributed by atoms with Gasteiger partial charge in [-0.05, 0) is 55.8 Å². The van der Waals surface area contributed by atoms with Gasteiger partial charge in [0, 0.05) is 56.1 Å². The number of alkyl halides is 4. The third-order valence-electron chi connectivity index (χ3n) is 10.9. The Hall–Kier alpha value is -4.88. The van der Waals surface area contributed by atoms with E-state index in [1.807, 2.05) is 9.80 Å². The summed E-state index contributed by atoms with van der Waals surface area (Å²) in [5.41, 5.74) is -2.82. The molecule has 10 nitrogen and oxygen atoms in total. The number of carbonyl (C=O) groups excluding carboxylic acids is 1. The van der Waals surface area contributed by atoms with E-state index in [0.29, 0.717) is 31.0 Å². The number of piperazine rings is 1. The Labute approximate surface area is 300 Å². The molecule has 1 amide bonds. The Morgan fingerprint density at radius 3 is 2.60 bits per heavy atom. The van der Waals surface area contributed by atoms with E-state index in [-0.39, 0.29) is 76.5 Å². The van der Waals surface area contributed by atoms with E-state index in [1.165, 1.54) is 12.1 Å². The van der Waals surface area contributed by atoms with Gasteiger partial charge in [-0.1, -0.05) is 12.0 Å². The number of phenols is 1. The summed E-state index contributed by atoms with van der Waals surface area (Å²) in [5, 5.41) is 14.1. The molecule has 2 bridgehead atoms. The highest BCUT2D eigenvalue weighted by molar-refractivity contribution is 6.11. The van der Waals surface area contributed by atoms with Gasteiger partial charge in [0.15, 0.2) is 5.82 Å². The Morgan fingerprint density at radius 1 is 1.13 bits per heavy atom. The molecule has 2 N–H and O–H groups in total. The maximum Gasteiger partial charge on any atom is 0.406 e. The van der Waals surface area contributed by atoms with E-state index in [4.69, 9.17) is 11.2 Å². The van der Waals surface area contributed by atoms with Crippen LogP contribution in [0.1, 0.15) is 48.2 Å². The zero-order chi connectivity index (χ0) is 37.4. The number of aromatic hydroxyl groups is 1. The van der Waals surface area contributed by atoms with E-state index < -0.39 is 58.9 Å². The van der Waals surface area contributed by atoms with E-state index >= 15 is 8.78 Å². The molecule has 278 valence electrons. The van der Waals surface area contributed by atoms with Crippen molar-refractivity contribution < 1.29 is 41.0 Å². The van der Waals surface area contributed by atoms with E-state index in [9.17, 15) is 27.5 Å². The third-order valence-corrected chi connectivity index (χ3v) is 10.9. The molecule has 2 aromatic heterocycles. The van der Waals surface area contributed by atoms with Gasteiger partial charge in [0.2, 0.25) is 0 Å². The average Bonchev–Trinajstić information content (AvgIpc) is 3.76. The number of carbonyl (C=O) groups is 1. The van der Waals surface area contributed by atoms with Gasteiger partial charge in [0.05, 0.1) is 16.5 Å². The summed E-state index contributed by atoms with van der Waals surface area (Å²) in [6.45, 7) is 0.0477. The number of amides is 1. The fourth-order valence-corrected chi connectivity index (χ4v) is 8.65. The molecule has 2 aromatic carbocycles. The number of fused-ring (bicyclic) bond motifs is 5. The van der Waals surface area contributed by atoms with E-state index in [0.717, 1.165) is 38.4 Å². The maximum absolute atomic E-state index is 17.3. The Morgan fingerprint density at radius 2 is 1.89 bits per heavy atom. The van der Waals surface area contributed by atoms with Gasteiger partial charge < -0.3 is 25.0 Å². The van der Waals surface area contributed by atoms with Gasteiger partial charge in [-0.3, -0.25) is 9.69 Å². The number of benzene rings is 2. The van der Waals surface area contributed by atoms with Crippen LogP contribution in [-0.2, 0) is 0 Å². The molecule has 16 heteroatoms. The lowest BCUT2D eigenvalue weighted by atomic mass is 9.95. The predicted octanol–water partition coefficient (Wildman–Crippen LogP) is 5.34. The highest BCUT2D eigenvalue weighted by Crippen LogP contribution is 2.43. The molecule has 0 radical (unpaired) electrons. The van der Waals surface area contributed by atoms with Crippen molar-refractivity contribution >= 4 is 33.4 Å². The lowest BCUT2D eigenvalue weighted by Crippen LogP contribution is -2.51. The zero-order valence-electron chi connectivity index (χ0n) is 28.6. The fraction of sp³-hybridized carbons (Fsp3) is 0.459. The zero-order valence-corrected chi connectivity index (χ0v) is 28.6. The van der Waals surface area contributed by atoms with Gasteiger partial charge in [-0.2, -0.15) is 23.1 Å². The fourth-order valence-electron chi connectivity index (χ4n) is 8.65. The van der Waals surface area contributed by atoms with Crippen molar-refractivity contribution in [3.8, 4) is 35.4 Å². The number of anilines is 1. The topological polar surface area (TPSA) is 107 Å². The molecule has 4 fully saturated rings. The second-order valence-electron chi connectivity index (χ2n) is 14.5. The number of phenolic OH excluding ortho intramolecular Hbond substituents is 1. The van der Waals surface area contributed by atoms with Gasteiger partial charge in [-0.25, -0.2) is 18.2 Å². The second kappa shape index (κ2) is 12.9. The summed E-state index contributed by atoms with van der Waals surface area (Å²) >= 11 is 0. The SMILES string of the molecule is C#Cc1c(F)ccc2cc(O)cc(-c3nc(C(=O)N(C)CC(F)(F)F)c4c(N5CC6CCC(C5)N6)nc(OCC56CCCN5C[C@H](F)C6)nc4c3F)c12. The van der Waals surface area contributed by atoms with Crippen LogP contribution in [0.3, 0.4) is 0 Å². The van der Waals surface area contributed by atoms with Crippen LogP contribution in [-0.4, -0.2) is 112 Å². The van der Waals surface area contributed by atoms with Crippen LogP contribution in [0.25, 0.3) is 32.9 Å². The van der Waals surface area contributed by atoms with Crippen LogP contribution in [0, 0.1) is 24.0 Å². The number of hydrogen-bond donors (Lipinski definition) is 2. The Balaban J connectivity index is 1.38. The molecular formula is C37H35F6N7O3. The summed E-state index contributed by atoms with van der Waals surface area (Å²) in [4.78, 5) is 31.8. The number of nitrogens with one attached hydrogen (secondary N) is 1. The van der Waals surface area contributed by atoms with Crippen LogP contribution in [0.2, 0.25) is 0 Å². The van der Waals surface area contributed by atoms with E-state index in [1.54, 1.807) is 0 Å². The van der Waals surface area contributed by atoms with Crippen molar-refractivity contribution in [3.63, 3.8) is 0 Å². The number of terminal acetylenes is 1. The summed E-state index contributed by atoms with van der Waals surface area (Å²) in [6, 6.07) is 4.53. The van der Waals surface area contributed by atoms with Crippen LogP contribution in [0.5, 0.6) is 11.8 Å². The first-order valence-corrected chi connectivity index (χ1v) is 17.4. The van der Waals surface area contributed by atoms with Crippen LogP contribution >= 0.6 is 0 Å². The third kappa shape index (κ3) is 6.23. The monoisotopic (exact) mass is 739 g/mol. The van der Waals surface area contributed by atoms with Crippen molar-refractivity contribution in [2.24, 2.45) is 0 Å². The first-order chi connectivity index (χ1) is 25.2. The van der Waals surface area contributed by atoms with Gasteiger partial charge in [0.25, 0.3) is 5.91 Å². The summed E-state index contributed by atoms with van der Waals surface area (Å²) in [5.74, 6) is -1.26. The lowest BCUT2D eigenvalue weighted by molar-refractivity contribution is -0.138. The number of ether oxygens (including phenoxy) is 1. The molecule has 4 saturated heterocycles. The van der Waals surface area contributed by atoms with Gasteiger partial charge in [-0.15, -0.1) is 6.42 Å². The number of aromatic nitrogens is 3.